The Hall–Kier alpha value is -1.72. The van der Waals surface area contributed by atoms with E-state index >= 15 is 0 Å². The van der Waals surface area contributed by atoms with Gasteiger partial charge in [-0.3, -0.25) is 4.79 Å². The van der Waals surface area contributed by atoms with E-state index in [9.17, 15) is 4.79 Å². The lowest BCUT2D eigenvalue weighted by Gasteiger charge is -2.19. The Morgan fingerprint density at radius 2 is 2.09 bits per heavy atom. The minimum absolute atomic E-state index is 0.148. The van der Waals surface area contributed by atoms with E-state index in [-0.39, 0.29) is 5.91 Å². The van der Waals surface area contributed by atoms with Gasteiger partial charge in [0, 0.05) is 46.1 Å². The molecular formula is C18H18N2OS2. The van der Waals surface area contributed by atoms with Crippen LogP contribution in [0.5, 0.6) is 0 Å². The summed E-state index contributed by atoms with van der Waals surface area (Å²) < 4.78 is 0. The molecule has 0 aliphatic carbocycles. The molecular weight excluding hydrogens is 324 g/mol. The maximum atomic E-state index is 12.9. The number of H-pyrrole nitrogens is 1. The Bertz CT molecular complexity index is 809. The third-order valence-electron chi connectivity index (χ3n) is 4.31. The Morgan fingerprint density at radius 3 is 2.96 bits per heavy atom. The van der Waals surface area contributed by atoms with Crippen LogP contribution in [0.15, 0.2) is 48.0 Å². The number of nitrogens with one attached hydrogen (secondary N) is 1. The molecule has 2 aromatic heterocycles. The van der Waals surface area contributed by atoms with E-state index in [0.29, 0.717) is 5.25 Å². The van der Waals surface area contributed by atoms with Gasteiger partial charge in [0.1, 0.15) is 0 Å². The number of carbonyl (C=O) groups is 1. The smallest absolute Gasteiger partial charge is 0.256 e. The fourth-order valence-electron chi connectivity index (χ4n) is 3.09. The van der Waals surface area contributed by atoms with Crippen molar-refractivity contribution in [1.82, 2.24) is 9.88 Å². The minimum Gasteiger partial charge on any atom is -0.360 e. The van der Waals surface area contributed by atoms with Crippen LogP contribution in [0.25, 0.3) is 10.9 Å². The van der Waals surface area contributed by atoms with E-state index < -0.39 is 0 Å². The van der Waals surface area contributed by atoms with Crippen LogP contribution < -0.4 is 0 Å². The molecule has 1 aromatic carbocycles. The average Bonchev–Trinajstić information content (AvgIpc) is 3.19. The predicted octanol–water partition coefficient (Wildman–Crippen LogP) is 4.55. The molecule has 3 aromatic rings. The highest BCUT2D eigenvalue weighted by Gasteiger charge is 2.24. The number of rotatable bonds is 2. The molecule has 23 heavy (non-hydrogen) atoms. The zero-order chi connectivity index (χ0) is 15.6. The van der Waals surface area contributed by atoms with Gasteiger partial charge in [0.15, 0.2) is 0 Å². The number of nitrogens with zero attached hydrogens (tertiary/aromatic N) is 1. The molecule has 3 heterocycles. The summed E-state index contributed by atoms with van der Waals surface area (Å²) in [6, 6.07) is 12.3. The van der Waals surface area contributed by atoms with E-state index in [1.165, 1.54) is 4.88 Å². The Morgan fingerprint density at radius 1 is 1.17 bits per heavy atom. The lowest BCUT2D eigenvalue weighted by Crippen LogP contribution is -2.32. The molecule has 1 saturated heterocycles. The van der Waals surface area contributed by atoms with Crippen molar-refractivity contribution < 1.29 is 4.79 Å². The number of thioether (sulfide) groups is 1. The van der Waals surface area contributed by atoms with Gasteiger partial charge in [-0.15, -0.1) is 11.3 Å². The zero-order valence-corrected chi connectivity index (χ0v) is 14.3. The largest absolute Gasteiger partial charge is 0.360 e. The lowest BCUT2D eigenvalue weighted by molar-refractivity contribution is 0.0768. The second-order valence-electron chi connectivity index (χ2n) is 5.70. The van der Waals surface area contributed by atoms with Gasteiger partial charge in [0.05, 0.1) is 5.56 Å². The van der Waals surface area contributed by atoms with Crippen molar-refractivity contribution in [2.45, 2.75) is 11.7 Å². The normalized spacial score (nSPS) is 19.0. The monoisotopic (exact) mass is 342 g/mol. The second-order valence-corrected chi connectivity index (χ2v) is 7.99. The number of fused-ring (bicyclic) bond motifs is 1. The molecule has 1 aliphatic heterocycles. The van der Waals surface area contributed by atoms with Gasteiger partial charge in [0.25, 0.3) is 5.91 Å². The Balaban J connectivity index is 1.53. The van der Waals surface area contributed by atoms with Gasteiger partial charge in [-0.2, -0.15) is 11.8 Å². The summed E-state index contributed by atoms with van der Waals surface area (Å²) >= 11 is 3.79. The van der Waals surface area contributed by atoms with Gasteiger partial charge in [-0.25, -0.2) is 0 Å². The van der Waals surface area contributed by atoms with Crippen molar-refractivity contribution in [2.24, 2.45) is 0 Å². The molecule has 1 fully saturated rings. The number of aromatic nitrogens is 1. The molecule has 1 atom stereocenters. The molecule has 5 heteroatoms. The standard InChI is InChI=1S/C18H18N2OS2/c21-18(14-12-19-15-5-2-1-4-13(14)15)20-8-7-17(23-11-9-20)16-6-3-10-22-16/h1-6,10,12,17,19H,7-9,11H2. The topological polar surface area (TPSA) is 36.1 Å². The van der Waals surface area contributed by atoms with E-state index in [0.717, 1.165) is 41.7 Å². The van der Waals surface area contributed by atoms with Crippen LogP contribution in [0.3, 0.4) is 0 Å². The third-order valence-corrected chi connectivity index (χ3v) is 6.75. The fraction of sp³-hybridized carbons (Fsp3) is 0.278. The SMILES string of the molecule is O=C(c1c[nH]c2ccccc12)N1CCSC(c2cccs2)CC1. The number of thiophene rings is 1. The third kappa shape index (κ3) is 2.91. The molecule has 1 N–H and O–H groups in total. The van der Waals surface area contributed by atoms with E-state index in [4.69, 9.17) is 0 Å². The molecule has 0 saturated carbocycles. The molecule has 4 rings (SSSR count). The summed E-state index contributed by atoms with van der Waals surface area (Å²) in [5.74, 6) is 1.14. The Kier molecular flexibility index (Phi) is 4.14. The van der Waals surface area contributed by atoms with Crippen molar-refractivity contribution in [3.8, 4) is 0 Å². The quantitative estimate of drug-likeness (QED) is 0.742. The molecule has 0 bridgehead atoms. The van der Waals surface area contributed by atoms with Gasteiger partial charge >= 0.3 is 0 Å². The van der Waals surface area contributed by atoms with E-state index in [1.54, 1.807) is 0 Å². The van der Waals surface area contributed by atoms with Crippen LogP contribution in [-0.2, 0) is 0 Å². The van der Waals surface area contributed by atoms with E-state index in [2.05, 4.69) is 22.5 Å². The Labute approximate surface area is 143 Å². The summed E-state index contributed by atoms with van der Waals surface area (Å²) in [5.41, 5.74) is 1.82. The zero-order valence-electron chi connectivity index (χ0n) is 12.7. The number of carbonyl (C=O) groups excluding carboxylic acids is 1. The number of hydrogen-bond donors (Lipinski definition) is 1. The van der Waals surface area contributed by atoms with Crippen LogP contribution in [0, 0.1) is 0 Å². The summed E-state index contributed by atoms with van der Waals surface area (Å²) in [6.45, 7) is 1.65. The molecule has 0 radical (unpaired) electrons. The van der Waals surface area contributed by atoms with Gasteiger partial charge in [0.2, 0.25) is 0 Å². The molecule has 0 spiro atoms. The maximum Gasteiger partial charge on any atom is 0.256 e. The van der Waals surface area contributed by atoms with Gasteiger partial charge < -0.3 is 9.88 Å². The number of amides is 1. The number of hydrogen-bond acceptors (Lipinski definition) is 3. The number of benzene rings is 1. The van der Waals surface area contributed by atoms with Gasteiger partial charge in [-0.1, -0.05) is 24.3 Å². The summed E-state index contributed by atoms with van der Waals surface area (Å²) in [5, 5.41) is 3.68. The average molecular weight is 342 g/mol. The van der Waals surface area contributed by atoms with Crippen LogP contribution in [0.1, 0.15) is 26.9 Å². The second kappa shape index (κ2) is 6.42. The highest BCUT2D eigenvalue weighted by Crippen LogP contribution is 2.37. The summed E-state index contributed by atoms with van der Waals surface area (Å²) in [7, 11) is 0. The van der Waals surface area contributed by atoms with Crippen LogP contribution in [0.2, 0.25) is 0 Å². The first-order chi connectivity index (χ1) is 11.3. The fourth-order valence-corrected chi connectivity index (χ4v) is 5.33. The van der Waals surface area contributed by atoms with Crippen molar-refractivity contribution in [3.05, 3.63) is 58.4 Å². The lowest BCUT2D eigenvalue weighted by atomic mass is 10.1. The minimum atomic E-state index is 0.148. The van der Waals surface area contributed by atoms with Crippen molar-refractivity contribution in [2.75, 3.05) is 18.8 Å². The molecule has 3 nitrogen and oxygen atoms in total. The number of aromatic amines is 1. The van der Waals surface area contributed by atoms with Crippen molar-refractivity contribution in [1.29, 1.82) is 0 Å². The first-order valence-corrected chi connectivity index (χ1v) is 9.76. The predicted molar refractivity (Wildman–Crippen MR) is 98.3 cm³/mol. The number of para-hydroxylation sites is 1. The van der Waals surface area contributed by atoms with Crippen LogP contribution >= 0.6 is 23.1 Å². The van der Waals surface area contributed by atoms with Crippen molar-refractivity contribution >= 4 is 39.9 Å². The molecule has 1 aliphatic rings. The molecule has 1 amide bonds. The molecule has 118 valence electrons. The molecule has 1 unspecified atom stereocenters. The summed E-state index contributed by atoms with van der Waals surface area (Å²) in [6.07, 6.45) is 2.88. The highest BCUT2D eigenvalue weighted by atomic mass is 32.2. The van der Waals surface area contributed by atoms with Crippen LogP contribution in [-0.4, -0.2) is 34.6 Å². The maximum absolute atomic E-state index is 12.9. The first kappa shape index (κ1) is 14.8. The van der Waals surface area contributed by atoms with Gasteiger partial charge in [-0.05, 0) is 23.9 Å². The highest BCUT2D eigenvalue weighted by molar-refractivity contribution is 7.99. The summed E-state index contributed by atoms with van der Waals surface area (Å²) in [4.78, 5) is 19.6. The van der Waals surface area contributed by atoms with E-state index in [1.807, 2.05) is 58.5 Å². The van der Waals surface area contributed by atoms with Crippen LogP contribution in [0.4, 0.5) is 0 Å². The first-order valence-electron chi connectivity index (χ1n) is 7.83. The van der Waals surface area contributed by atoms with Crippen molar-refractivity contribution in [3.63, 3.8) is 0 Å².